The number of hydrogen-bond donors (Lipinski definition) is 0. The summed E-state index contributed by atoms with van der Waals surface area (Å²) >= 11 is 6.80. The molecule has 6 nitrogen and oxygen atoms in total. The smallest absolute Gasteiger partial charge is 0.328 e. The van der Waals surface area contributed by atoms with Crippen LogP contribution in [0.2, 0.25) is 5.02 Å². The first-order valence-electron chi connectivity index (χ1n) is 6.57. The fourth-order valence-corrected chi connectivity index (χ4v) is 3.19. The molecule has 0 radical (unpaired) electrons. The highest BCUT2D eigenvalue weighted by molar-refractivity contribution is 8.18. The summed E-state index contributed by atoms with van der Waals surface area (Å²) in [5, 5.41) is -0.123. The van der Waals surface area contributed by atoms with Crippen LogP contribution in [-0.4, -0.2) is 42.3 Å². The lowest BCUT2D eigenvalue weighted by Gasteiger charge is -2.18. The third kappa shape index (κ3) is 3.51. The van der Waals surface area contributed by atoms with Gasteiger partial charge in [0, 0.05) is 0 Å². The largest absolute Gasteiger partial charge is 0.495 e. The van der Waals surface area contributed by atoms with E-state index >= 15 is 0 Å². The van der Waals surface area contributed by atoms with Gasteiger partial charge in [0.2, 0.25) is 0 Å². The monoisotopic (exact) mass is 355 g/mol. The van der Waals surface area contributed by atoms with E-state index in [1.165, 1.54) is 21.1 Å². The number of thioether (sulfide) groups is 1. The van der Waals surface area contributed by atoms with Gasteiger partial charge in [0.05, 0.1) is 24.1 Å². The maximum atomic E-state index is 12.3. The molecule has 2 rings (SSSR count). The van der Waals surface area contributed by atoms with Crippen LogP contribution >= 0.6 is 23.4 Å². The quantitative estimate of drug-likeness (QED) is 0.610. The average molecular weight is 356 g/mol. The Balaban J connectivity index is 2.28. The Morgan fingerprint density at radius 2 is 2.04 bits per heavy atom. The van der Waals surface area contributed by atoms with Crippen LogP contribution < -0.4 is 4.74 Å². The van der Waals surface area contributed by atoms with Crippen molar-refractivity contribution >= 4 is 46.6 Å². The molecule has 1 aliphatic rings. The molecule has 1 atom stereocenters. The fourth-order valence-electron chi connectivity index (χ4n) is 2.01. The van der Waals surface area contributed by atoms with E-state index in [9.17, 15) is 14.4 Å². The van der Waals surface area contributed by atoms with E-state index in [0.29, 0.717) is 16.3 Å². The summed E-state index contributed by atoms with van der Waals surface area (Å²) in [6.45, 7) is 1.44. The number of ether oxygens (including phenoxy) is 2. The molecule has 1 heterocycles. The van der Waals surface area contributed by atoms with Crippen molar-refractivity contribution in [3.63, 3.8) is 0 Å². The number of methoxy groups -OCH3 is 2. The van der Waals surface area contributed by atoms with Crippen molar-refractivity contribution in [1.29, 1.82) is 0 Å². The summed E-state index contributed by atoms with van der Waals surface area (Å²) in [4.78, 5) is 37.0. The maximum Gasteiger partial charge on any atom is 0.328 e. The van der Waals surface area contributed by atoms with E-state index in [2.05, 4.69) is 4.74 Å². The number of carbonyl (C=O) groups excluding carboxylic acids is 3. The molecule has 23 heavy (non-hydrogen) atoms. The van der Waals surface area contributed by atoms with Crippen LogP contribution in [0, 0.1) is 0 Å². The van der Waals surface area contributed by atoms with Crippen LogP contribution in [0.3, 0.4) is 0 Å². The van der Waals surface area contributed by atoms with Crippen molar-refractivity contribution in [2.45, 2.75) is 13.0 Å². The first-order chi connectivity index (χ1) is 10.9. The van der Waals surface area contributed by atoms with Crippen molar-refractivity contribution in [3.05, 3.63) is 33.7 Å². The molecule has 1 aromatic carbocycles. The number of amides is 2. The Morgan fingerprint density at radius 1 is 1.35 bits per heavy atom. The Labute approximate surface area is 142 Å². The predicted octanol–water partition coefficient (Wildman–Crippen LogP) is 2.95. The number of halogens is 1. The highest BCUT2D eigenvalue weighted by atomic mass is 35.5. The van der Waals surface area contributed by atoms with Crippen LogP contribution in [0.15, 0.2) is 23.1 Å². The van der Waals surface area contributed by atoms with Gasteiger partial charge < -0.3 is 9.47 Å². The third-order valence-corrected chi connectivity index (χ3v) is 4.41. The third-order valence-electron chi connectivity index (χ3n) is 3.23. The van der Waals surface area contributed by atoms with Gasteiger partial charge in [0.25, 0.3) is 11.1 Å². The second-order valence-electron chi connectivity index (χ2n) is 4.64. The Morgan fingerprint density at radius 3 is 2.61 bits per heavy atom. The molecule has 1 saturated heterocycles. The van der Waals surface area contributed by atoms with Crippen LogP contribution in [0.25, 0.3) is 6.08 Å². The molecule has 2 amide bonds. The molecular weight excluding hydrogens is 342 g/mol. The van der Waals surface area contributed by atoms with Crippen molar-refractivity contribution in [3.8, 4) is 5.75 Å². The lowest BCUT2D eigenvalue weighted by Crippen LogP contribution is -2.42. The van der Waals surface area contributed by atoms with Gasteiger partial charge in [-0.1, -0.05) is 17.7 Å². The second-order valence-corrected chi connectivity index (χ2v) is 6.05. The molecular formula is C15H14ClNO5S. The lowest BCUT2D eigenvalue weighted by molar-refractivity contribution is -0.148. The molecule has 122 valence electrons. The zero-order valence-corrected chi connectivity index (χ0v) is 14.2. The van der Waals surface area contributed by atoms with Gasteiger partial charge in [-0.2, -0.15) is 0 Å². The molecule has 1 fully saturated rings. The predicted molar refractivity (Wildman–Crippen MR) is 87.3 cm³/mol. The van der Waals surface area contributed by atoms with Gasteiger partial charge in [-0.3, -0.25) is 14.5 Å². The van der Waals surface area contributed by atoms with Gasteiger partial charge in [0.15, 0.2) is 0 Å². The van der Waals surface area contributed by atoms with E-state index in [4.69, 9.17) is 16.3 Å². The number of rotatable bonds is 4. The van der Waals surface area contributed by atoms with Gasteiger partial charge >= 0.3 is 5.97 Å². The zero-order valence-electron chi connectivity index (χ0n) is 12.7. The number of esters is 1. The molecule has 8 heteroatoms. The van der Waals surface area contributed by atoms with Gasteiger partial charge in [0.1, 0.15) is 11.8 Å². The SMILES string of the molecule is COC(=O)[C@H](C)N1C(=O)S/C(=C/c2ccc(OC)c(Cl)c2)C1=O. The fraction of sp³-hybridized carbons (Fsp3) is 0.267. The molecule has 0 N–H and O–H groups in total. The molecule has 0 spiro atoms. The summed E-state index contributed by atoms with van der Waals surface area (Å²) in [5.41, 5.74) is 0.645. The number of benzene rings is 1. The molecule has 1 aromatic rings. The van der Waals surface area contributed by atoms with Crippen LogP contribution in [0.1, 0.15) is 12.5 Å². The Bertz CT molecular complexity index is 703. The Kier molecular flexibility index (Phi) is 5.33. The molecule has 0 bridgehead atoms. The second kappa shape index (κ2) is 7.06. The van der Waals surface area contributed by atoms with Crippen molar-refractivity contribution in [2.75, 3.05) is 14.2 Å². The minimum Gasteiger partial charge on any atom is -0.495 e. The number of hydrogen-bond acceptors (Lipinski definition) is 6. The molecule has 1 aliphatic heterocycles. The number of nitrogens with zero attached hydrogens (tertiary/aromatic N) is 1. The van der Waals surface area contributed by atoms with Crippen molar-refractivity contribution in [1.82, 2.24) is 4.90 Å². The molecule has 0 saturated carbocycles. The molecule has 0 aromatic heterocycles. The Hall–Kier alpha value is -1.99. The summed E-state index contributed by atoms with van der Waals surface area (Å²) in [6, 6.07) is 4.02. The van der Waals surface area contributed by atoms with Crippen LogP contribution in [0.4, 0.5) is 4.79 Å². The molecule has 0 aliphatic carbocycles. The topological polar surface area (TPSA) is 72.9 Å². The van der Waals surface area contributed by atoms with E-state index in [1.54, 1.807) is 24.3 Å². The first-order valence-corrected chi connectivity index (χ1v) is 7.77. The van der Waals surface area contributed by atoms with Crippen molar-refractivity contribution in [2.24, 2.45) is 0 Å². The maximum absolute atomic E-state index is 12.3. The minimum atomic E-state index is -0.974. The van der Waals surface area contributed by atoms with E-state index in [-0.39, 0.29) is 4.91 Å². The van der Waals surface area contributed by atoms with Crippen LogP contribution in [0.5, 0.6) is 5.75 Å². The number of imide groups is 1. The lowest BCUT2D eigenvalue weighted by atomic mass is 10.2. The van der Waals surface area contributed by atoms with E-state index in [0.717, 1.165) is 16.7 Å². The van der Waals surface area contributed by atoms with Crippen LogP contribution in [-0.2, 0) is 14.3 Å². The summed E-state index contributed by atoms with van der Waals surface area (Å²) in [6.07, 6.45) is 1.54. The van der Waals surface area contributed by atoms with Gasteiger partial charge in [-0.25, -0.2) is 4.79 Å². The first kappa shape index (κ1) is 17.4. The minimum absolute atomic E-state index is 0.215. The van der Waals surface area contributed by atoms with Gasteiger partial charge in [-0.15, -0.1) is 0 Å². The van der Waals surface area contributed by atoms with E-state index in [1.807, 2.05) is 0 Å². The van der Waals surface area contributed by atoms with E-state index < -0.39 is 23.2 Å². The highest BCUT2D eigenvalue weighted by Crippen LogP contribution is 2.34. The van der Waals surface area contributed by atoms with Gasteiger partial charge in [-0.05, 0) is 42.5 Å². The zero-order chi connectivity index (χ0) is 17.1. The van der Waals surface area contributed by atoms with Crippen molar-refractivity contribution < 1.29 is 23.9 Å². The number of carbonyl (C=O) groups is 3. The normalized spacial score (nSPS) is 17.6. The average Bonchev–Trinajstić information content (AvgIpc) is 2.80. The summed E-state index contributed by atoms with van der Waals surface area (Å²) < 4.78 is 9.63. The summed E-state index contributed by atoms with van der Waals surface area (Å²) in [7, 11) is 2.70. The molecule has 0 unspecified atom stereocenters. The summed E-state index contributed by atoms with van der Waals surface area (Å²) in [5.74, 6) is -0.679. The highest BCUT2D eigenvalue weighted by Gasteiger charge is 2.41. The standard InChI is InChI=1S/C15H14ClNO5S/c1-8(14(19)22-3)17-13(18)12(23-15(17)20)7-9-4-5-11(21-2)10(16)6-9/h4-8H,1-3H3/b12-7+/t8-/m0/s1.